The highest BCUT2D eigenvalue weighted by Gasteiger charge is 2.29. The Hall–Kier alpha value is -3.14. The number of halogens is 2. The van der Waals surface area contributed by atoms with Crippen LogP contribution in [0.3, 0.4) is 0 Å². The van der Waals surface area contributed by atoms with E-state index < -0.39 is 22.5 Å². The first-order chi connectivity index (χ1) is 16.7. The van der Waals surface area contributed by atoms with Crippen LogP contribution in [0.4, 0.5) is 5.69 Å². The number of sulfonamides is 1. The van der Waals surface area contributed by atoms with E-state index >= 15 is 0 Å². The van der Waals surface area contributed by atoms with Gasteiger partial charge in [-0.15, -0.1) is 0 Å². The maximum absolute atomic E-state index is 13.4. The van der Waals surface area contributed by atoms with Gasteiger partial charge in [-0.25, -0.2) is 8.42 Å². The SMILES string of the molecule is COc1ccc(CNC(=O)CN(c2ccc(Cl)cc2Cl)S(=O)(=O)c2ccccc2)c(OC)c1OC. The van der Waals surface area contributed by atoms with E-state index in [2.05, 4.69) is 5.32 Å². The van der Waals surface area contributed by atoms with Gasteiger partial charge in [0.05, 0.1) is 36.9 Å². The van der Waals surface area contributed by atoms with Crippen molar-refractivity contribution >= 4 is 44.8 Å². The van der Waals surface area contributed by atoms with E-state index in [4.69, 9.17) is 37.4 Å². The highest BCUT2D eigenvalue weighted by Crippen LogP contribution is 2.39. The lowest BCUT2D eigenvalue weighted by atomic mass is 10.1. The molecule has 1 N–H and O–H groups in total. The van der Waals surface area contributed by atoms with Gasteiger partial charge in [-0.2, -0.15) is 0 Å². The first-order valence-corrected chi connectivity index (χ1v) is 12.5. The Morgan fingerprint density at radius 2 is 1.60 bits per heavy atom. The van der Waals surface area contributed by atoms with Crippen LogP contribution in [0.5, 0.6) is 17.2 Å². The smallest absolute Gasteiger partial charge is 0.264 e. The number of nitrogens with one attached hydrogen (secondary N) is 1. The summed E-state index contributed by atoms with van der Waals surface area (Å²) in [5.74, 6) is 0.675. The Morgan fingerprint density at radius 1 is 0.914 bits per heavy atom. The molecule has 0 heterocycles. The molecule has 186 valence electrons. The van der Waals surface area contributed by atoms with E-state index in [1.165, 1.54) is 51.7 Å². The van der Waals surface area contributed by atoms with Crippen molar-refractivity contribution in [2.75, 3.05) is 32.2 Å². The van der Waals surface area contributed by atoms with E-state index in [0.717, 1.165) is 4.31 Å². The third-order valence-electron chi connectivity index (χ3n) is 5.06. The number of anilines is 1. The first-order valence-electron chi connectivity index (χ1n) is 10.3. The van der Waals surface area contributed by atoms with Crippen molar-refractivity contribution in [1.29, 1.82) is 0 Å². The zero-order valence-corrected chi connectivity index (χ0v) is 21.6. The molecule has 11 heteroatoms. The van der Waals surface area contributed by atoms with Crippen LogP contribution >= 0.6 is 23.2 Å². The van der Waals surface area contributed by atoms with Crippen molar-refractivity contribution in [1.82, 2.24) is 5.32 Å². The number of rotatable bonds is 10. The summed E-state index contributed by atoms with van der Waals surface area (Å²) < 4.78 is 43.9. The molecule has 0 aromatic heterocycles. The van der Waals surface area contributed by atoms with Gasteiger partial charge in [-0.3, -0.25) is 9.10 Å². The minimum absolute atomic E-state index is 0.0142. The van der Waals surface area contributed by atoms with Crippen LogP contribution in [-0.4, -0.2) is 42.2 Å². The maximum Gasteiger partial charge on any atom is 0.264 e. The van der Waals surface area contributed by atoms with Gasteiger partial charge < -0.3 is 19.5 Å². The fourth-order valence-electron chi connectivity index (χ4n) is 3.39. The zero-order chi connectivity index (χ0) is 25.6. The molecule has 0 saturated heterocycles. The topological polar surface area (TPSA) is 94.2 Å². The fraction of sp³-hybridized carbons (Fsp3) is 0.208. The van der Waals surface area contributed by atoms with E-state index in [1.54, 1.807) is 30.3 Å². The van der Waals surface area contributed by atoms with Crippen molar-refractivity contribution < 1.29 is 27.4 Å². The Kier molecular flexibility index (Phi) is 8.71. The lowest BCUT2D eigenvalue weighted by Crippen LogP contribution is -2.40. The Bertz CT molecular complexity index is 1300. The summed E-state index contributed by atoms with van der Waals surface area (Å²) in [7, 11) is 0.335. The largest absolute Gasteiger partial charge is 0.493 e. The highest BCUT2D eigenvalue weighted by atomic mass is 35.5. The van der Waals surface area contributed by atoms with Crippen molar-refractivity contribution in [3.8, 4) is 17.2 Å². The molecule has 3 rings (SSSR count). The summed E-state index contributed by atoms with van der Waals surface area (Å²) in [6.07, 6.45) is 0. The summed E-state index contributed by atoms with van der Waals surface area (Å²) in [5, 5.41) is 3.15. The Morgan fingerprint density at radius 3 is 2.20 bits per heavy atom. The average molecular weight is 539 g/mol. The molecule has 0 spiro atoms. The number of hydrogen-bond acceptors (Lipinski definition) is 6. The van der Waals surface area contributed by atoms with Crippen molar-refractivity contribution in [2.45, 2.75) is 11.4 Å². The third-order valence-corrected chi connectivity index (χ3v) is 7.37. The molecule has 3 aromatic rings. The lowest BCUT2D eigenvalue weighted by Gasteiger charge is -2.25. The minimum Gasteiger partial charge on any atom is -0.493 e. The minimum atomic E-state index is -4.12. The number of methoxy groups -OCH3 is 3. The van der Waals surface area contributed by atoms with Crippen LogP contribution in [-0.2, 0) is 21.4 Å². The quantitative estimate of drug-likeness (QED) is 0.407. The average Bonchev–Trinajstić information content (AvgIpc) is 2.86. The number of carbonyl (C=O) groups is 1. The van der Waals surface area contributed by atoms with Crippen LogP contribution in [0.15, 0.2) is 65.6 Å². The molecule has 0 aliphatic carbocycles. The monoisotopic (exact) mass is 538 g/mol. The summed E-state index contributed by atoms with van der Waals surface area (Å²) in [6, 6.07) is 15.5. The highest BCUT2D eigenvalue weighted by molar-refractivity contribution is 7.92. The predicted molar refractivity (Wildman–Crippen MR) is 135 cm³/mol. The number of hydrogen-bond donors (Lipinski definition) is 1. The van der Waals surface area contributed by atoms with Gasteiger partial charge in [0.1, 0.15) is 6.54 Å². The number of nitrogens with zero attached hydrogens (tertiary/aromatic N) is 1. The number of carbonyl (C=O) groups excluding carboxylic acids is 1. The van der Waals surface area contributed by atoms with E-state index in [9.17, 15) is 13.2 Å². The number of ether oxygens (including phenoxy) is 3. The van der Waals surface area contributed by atoms with Gasteiger partial charge in [-0.05, 0) is 42.5 Å². The molecule has 35 heavy (non-hydrogen) atoms. The second-order valence-corrected chi connectivity index (χ2v) is 9.90. The number of amides is 1. The van der Waals surface area contributed by atoms with Crippen molar-refractivity contribution in [3.63, 3.8) is 0 Å². The molecule has 0 aliphatic rings. The predicted octanol–water partition coefficient (Wildman–Crippen LogP) is 4.53. The molecule has 0 atom stereocenters. The molecule has 8 nitrogen and oxygen atoms in total. The van der Waals surface area contributed by atoms with Crippen LogP contribution in [0.1, 0.15) is 5.56 Å². The molecule has 0 radical (unpaired) electrons. The summed E-state index contributed by atoms with van der Waals surface area (Å²) in [6.45, 7) is -0.468. The molecule has 0 saturated carbocycles. The van der Waals surface area contributed by atoms with Gasteiger partial charge >= 0.3 is 0 Å². The van der Waals surface area contributed by atoms with Crippen molar-refractivity contribution in [3.05, 3.63) is 76.3 Å². The molecule has 0 unspecified atom stereocenters. The van der Waals surface area contributed by atoms with E-state index in [-0.39, 0.29) is 22.2 Å². The standard InChI is InChI=1S/C24H24Cl2N2O6S/c1-32-21-12-9-16(23(33-2)24(21)34-3)14-27-22(29)15-28(20-11-10-17(25)13-19(20)26)35(30,31)18-7-5-4-6-8-18/h4-13H,14-15H2,1-3H3,(H,27,29). The molecular formula is C24H24Cl2N2O6S. The molecule has 0 fully saturated rings. The van der Waals surface area contributed by atoms with Gasteiger partial charge in [0.15, 0.2) is 11.5 Å². The molecular weight excluding hydrogens is 515 g/mol. The molecule has 0 aliphatic heterocycles. The van der Waals surface area contributed by atoms with Gasteiger partial charge in [0.2, 0.25) is 11.7 Å². The van der Waals surface area contributed by atoms with Crippen molar-refractivity contribution in [2.24, 2.45) is 0 Å². The lowest BCUT2D eigenvalue weighted by molar-refractivity contribution is -0.119. The second-order valence-electron chi connectivity index (χ2n) is 7.19. The van der Waals surface area contributed by atoms with Crippen LogP contribution < -0.4 is 23.8 Å². The summed E-state index contributed by atoms with van der Waals surface area (Å²) >= 11 is 12.3. The van der Waals surface area contributed by atoms with Gasteiger partial charge in [0, 0.05) is 17.1 Å². The van der Waals surface area contributed by atoms with Crippen LogP contribution in [0.2, 0.25) is 10.0 Å². The second kappa shape index (κ2) is 11.5. The molecule has 0 bridgehead atoms. The van der Waals surface area contributed by atoms with Gasteiger partial charge in [-0.1, -0.05) is 41.4 Å². The molecule has 3 aromatic carbocycles. The number of benzene rings is 3. The van der Waals surface area contributed by atoms with Crippen LogP contribution in [0.25, 0.3) is 0 Å². The normalized spacial score (nSPS) is 11.0. The summed E-state index contributed by atoms with van der Waals surface area (Å²) in [5.41, 5.74) is 0.735. The zero-order valence-electron chi connectivity index (χ0n) is 19.2. The Labute approximate surface area is 214 Å². The summed E-state index contributed by atoms with van der Waals surface area (Å²) in [4.78, 5) is 13.0. The maximum atomic E-state index is 13.4. The molecule has 1 amide bonds. The van der Waals surface area contributed by atoms with Crippen LogP contribution in [0, 0.1) is 0 Å². The Balaban J connectivity index is 1.90. The fourth-order valence-corrected chi connectivity index (χ4v) is 5.41. The van der Waals surface area contributed by atoms with Gasteiger partial charge in [0.25, 0.3) is 10.0 Å². The first kappa shape index (κ1) is 26.5. The third kappa shape index (κ3) is 5.93. The van der Waals surface area contributed by atoms with E-state index in [0.29, 0.717) is 27.8 Å². The van der Waals surface area contributed by atoms with E-state index in [1.807, 2.05) is 0 Å².